The van der Waals surface area contributed by atoms with E-state index in [2.05, 4.69) is 0 Å². The maximum absolute atomic E-state index is 11.4. The molecule has 2 N–H and O–H groups in total. The number of ether oxygens (including phenoxy) is 1. The number of aryl methyl sites for hydroxylation is 1. The number of fused-ring (bicyclic) bond motifs is 2. The van der Waals surface area contributed by atoms with Gasteiger partial charge in [0.05, 0.1) is 5.39 Å². The van der Waals surface area contributed by atoms with Crippen LogP contribution < -0.4 is 10.2 Å². The molecule has 0 saturated heterocycles. The van der Waals surface area contributed by atoms with Crippen LogP contribution >= 0.6 is 0 Å². The second kappa shape index (κ2) is 7.74. The monoisotopic (exact) mass is 368 g/mol. The second-order valence-corrected chi connectivity index (χ2v) is 5.87. The largest absolute Gasteiger partial charge is 0.479 e. The lowest BCUT2D eigenvalue weighted by Crippen LogP contribution is -2.30. The molecule has 0 saturated carbocycles. The third-order valence-electron chi connectivity index (χ3n) is 4.04. The Bertz CT molecular complexity index is 1050. The van der Waals surface area contributed by atoms with E-state index in [1.165, 1.54) is 0 Å². The minimum Gasteiger partial charge on any atom is -0.479 e. The summed E-state index contributed by atoms with van der Waals surface area (Å²) in [5.74, 6) is -1.75. The van der Waals surface area contributed by atoms with Crippen molar-refractivity contribution in [1.82, 2.24) is 0 Å². The molecule has 1 aliphatic heterocycles. The van der Waals surface area contributed by atoms with Gasteiger partial charge in [-0.2, -0.15) is 0 Å². The zero-order valence-corrected chi connectivity index (χ0v) is 14.1. The van der Waals surface area contributed by atoms with Crippen LogP contribution in [0.2, 0.25) is 0 Å². The number of rotatable bonds is 2. The summed E-state index contributed by atoms with van der Waals surface area (Å²) in [5, 5.41) is 17.8. The maximum Gasteiger partial charge on any atom is 0.371 e. The molecule has 138 valence electrons. The highest BCUT2D eigenvalue weighted by molar-refractivity contribution is 5.87. The smallest absolute Gasteiger partial charge is 0.371 e. The Kier molecular flexibility index (Phi) is 5.21. The van der Waals surface area contributed by atoms with Crippen LogP contribution in [0.5, 0.6) is 5.75 Å². The van der Waals surface area contributed by atoms with Crippen molar-refractivity contribution >= 4 is 22.9 Å². The zero-order chi connectivity index (χ0) is 19.4. The van der Waals surface area contributed by atoms with E-state index < -0.39 is 18.0 Å². The third-order valence-corrected chi connectivity index (χ3v) is 4.04. The SMILES string of the molecule is O=C(O)C1CCc2ccccc2O1.O=C(O)c1cc(=O)c2ccccc2o1. The Morgan fingerprint density at radius 3 is 2.44 bits per heavy atom. The molecule has 3 aromatic rings. The summed E-state index contributed by atoms with van der Waals surface area (Å²) in [6, 6.07) is 15.1. The molecular weight excluding hydrogens is 352 g/mol. The average Bonchev–Trinajstić information content (AvgIpc) is 2.68. The summed E-state index contributed by atoms with van der Waals surface area (Å²) in [4.78, 5) is 32.6. The van der Waals surface area contributed by atoms with E-state index in [-0.39, 0.29) is 16.8 Å². The summed E-state index contributed by atoms with van der Waals surface area (Å²) < 4.78 is 10.3. The van der Waals surface area contributed by atoms with Gasteiger partial charge in [0, 0.05) is 6.07 Å². The first-order valence-corrected chi connectivity index (χ1v) is 8.19. The molecule has 0 spiro atoms. The Balaban J connectivity index is 0.000000156. The van der Waals surface area contributed by atoms with E-state index in [0.29, 0.717) is 17.6 Å². The van der Waals surface area contributed by atoms with Crippen molar-refractivity contribution in [2.24, 2.45) is 0 Å². The van der Waals surface area contributed by atoms with Crippen LogP contribution in [0, 0.1) is 0 Å². The van der Waals surface area contributed by atoms with Gasteiger partial charge >= 0.3 is 11.9 Å². The molecule has 1 aliphatic rings. The predicted molar refractivity (Wildman–Crippen MR) is 96.3 cm³/mol. The Morgan fingerprint density at radius 1 is 1.00 bits per heavy atom. The molecule has 0 bridgehead atoms. The van der Waals surface area contributed by atoms with Crippen molar-refractivity contribution in [2.75, 3.05) is 0 Å². The van der Waals surface area contributed by atoms with Crippen LogP contribution in [0.1, 0.15) is 22.5 Å². The fraction of sp³-hybridized carbons (Fsp3) is 0.150. The van der Waals surface area contributed by atoms with Crippen molar-refractivity contribution < 1.29 is 29.0 Å². The highest BCUT2D eigenvalue weighted by Gasteiger charge is 2.24. The van der Waals surface area contributed by atoms with E-state index in [1.807, 2.05) is 24.3 Å². The van der Waals surface area contributed by atoms with Crippen LogP contribution in [0.4, 0.5) is 0 Å². The molecule has 2 heterocycles. The van der Waals surface area contributed by atoms with Gasteiger partial charge in [-0.15, -0.1) is 0 Å². The molecule has 7 heteroatoms. The van der Waals surface area contributed by atoms with Gasteiger partial charge in [-0.05, 0) is 36.6 Å². The molecule has 1 atom stereocenters. The second-order valence-electron chi connectivity index (χ2n) is 5.87. The molecule has 0 aliphatic carbocycles. The maximum atomic E-state index is 11.4. The minimum absolute atomic E-state index is 0.289. The highest BCUT2D eigenvalue weighted by Crippen LogP contribution is 2.26. The molecule has 1 unspecified atom stereocenters. The fourth-order valence-electron chi connectivity index (χ4n) is 2.71. The zero-order valence-electron chi connectivity index (χ0n) is 14.1. The first kappa shape index (κ1) is 18.2. The van der Waals surface area contributed by atoms with Gasteiger partial charge in [0.2, 0.25) is 5.76 Å². The Morgan fingerprint density at radius 2 is 1.70 bits per heavy atom. The molecule has 0 fully saturated rings. The highest BCUT2D eigenvalue weighted by atomic mass is 16.5. The van der Waals surface area contributed by atoms with Crippen LogP contribution in [0.3, 0.4) is 0 Å². The average molecular weight is 368 g/mol. The van der Waals surface area contributed by atoms with E-state index >= 15 is 0 Å². The van der Waals surface area contributed by atoms with E-state index in [4.69, 9.17) is 19.4 Å². The van der Waals surface area contributed by atoms with Gasteiger partial charge in [-0.25, -0.2) is 9.59 Å². The topological polar surface area (TPSA) is 114 Å². The Labute approximate surface area is 153 Å². The fourth-order valence-corrected chi connectivity index (χ4v) is 2.71. The molecule has 4 rings (SSSR count). The van der Waals surface area contributed by atoms with Gasteiger partial charge in [0.25, 0.3) is 0 Å². The van der Waals surface area contributed by atoms with Crippen LogP contribution in [-0.4, -0.2) is 28.3 Å². The first-order chi connectivity index (χ1) is 13.0. The lowest BCUT2D eigenvalue weighted by atomic mass is 10.0. The Hall–Kier alpha value is -3.61. The van der Waals surface area contributed by atoms with Gasteiger partial charge in [-0.3, -0.25) is 4.79 Å². The summed E-state index contributed by atoms with van der Waals surface area (Å²) in [7, 11) is 0. The molecule has 2 aromatic carbocycles. The number of para-hydroxylation sites is 2. The first-order valence-electron chi connectivity index (χ1n) is 8.19. The lowest BCUT2D eigenvalue weighted by molar-refractivity contribution is -0.145. The molecule has 1 aromatic heterocycles. The van der Waals surface area contributed by atoms with Crippen LogP contribution in [-0.2, 0) is 11.2 Å². The molecule has 7 nitrogen and oxygen atoms in total. The van der Waals surface area contributed by atoms with Gasteiger partial charge in [0.1, 0.15) is 11.3 Å². The third kappa shape index (κ3) is 4.14. The van der Waals surface area contributed by atoms with Crippen LogP contribution in [0.15, 0.2) is 63.8 Å². The van der Waals surface area contributed by atoms with Gasteiger partial charge in [-0.1, -0.05) is 30.3 Å². The van der Waals surface area contributed by atoms with Crippen molar-refractivity contribution in [3.63, 3.8) is 0 Å². The number of hydrogen-bond acceptors (Lipinski definition) is 5. The number of benzene rings is 2. The number of carboxylic acid groups (broad SMARTS) is 2. The summed E-state index contributed by atoms with van der Waals surface area (Å²) in [5.41, 5.74) is 1.04. The van der Waals surface area contributed by atoms with Gasteiger partial charge < -0.3 is 19.4 Å². The van der Waals surface area contributed by atoms with Crippen molar-refractivity contribution in [3.05, 3.63) is 76.1 Å². The summed E-state index contributed by atoms with van der Waals surface area (Å²) in [6.45, 7) is 0. The molecule has 0 amide bonds. The number of hydrogen-bond donors (Lipinski definition) is 2. The summed E-state index contributed by atoms with van der Waals surface area (Å²) in [6.07, 6.45) is 0.675. The van der Waals surface area contributed by atoms with Gasteiger partial charge in [0.15, 0.2) is 11.5 Å². The van der Waals surface area contributed by atoms with Crippen molar-refractivity contribution in [1.29, 1.82) is 0 Å². The molecule has 27 heavy (non-hydrogen) atoms. The van der Waals surface area contributed by atoms with E-state index in [9.17, 15) is 14.4 Å². The minimum atomic E-state index is -1.24. The number of aromatic carboxylic acids is 1. The van der Waals surface area contributed by atoms with Crippen molar-refractivity contribution in [2.45, 2.75) is 18.9 Å². The standard InChI is InChI=1S/C10H6O4.C10H10O3/c11-7-5-9(10(12)13)14-8-4-2-1-3-6(7)8;11-10(12)9-6-5-7-3-1-2-4-8(7)13-9/h1-5H,(H,12,13);1-4,9H,5-6H2,(H,11,12). The normalized spacial score (nSPS) is 15.0. The van der Waals surface area contributed by atoms with Crippen LogP contribution in [0.25, 0.3) is 11.0 Å². The number of carbonyl (C=O) groups is 2. The van der Waals surface area contributed by atoms with Crippen molar-refractivity contribution in [3.8, 4) is 5.75 Å². The predicted octanol–water partition coefficient (Wildman–Crippen LogP) is 2.96. The quantitative estimate of drug-likeness (QED) is 0.715. The van der Waals surface area contributed by atoms with E-state index in [1.54, 1.807) is 24.3 Å². The number of aliphatic carboxylic acids is 1. The lowest BCUT2D eigenvalue weighted by Gasteiger charge is -2.22. The number of carboxylic acids is 2. The molecule has 0 radical (unpaired) electrons. The summed E-state index contributed by atoms with van der Waals surface area (Å²) >= 11 is 0. The van der Waals surface area contributed by atoms with E-state index in [0.717, 1.165) is 18.1 Å². The molecular formula is C20H16O7.